The van der Waals surface area contributed by atoms with E-state index in [1.807, 2.05) is 0 Å². The highest BCUT2D eigenvalue weighted by Gasteiger charge is 2.23. The molecule has 0 radical (unpaired) electrons. The van der Waals surface area contributed by atoms with Crippen LogP contribution in [0.5, 0.6) is 0 Å². The second kappa shape index (κ2) is 7.29. The Morgan fingerprint density at radius 1 is 1.42 bits per heavy atom. The van der Waals surface area contributed by atoms with Gasteiger partial charge >= 0.3 is 0 Å². The summed E-state index contributed by atoms with van der Waals surface area (Å²) in [5, 5.41) is 0. The minimum Gasteiger partial charge on any atom is -0.377 e. The molecule has 0 saturated carbocycles. The SMILES string of the molecule is CSc1ccc(C(CN)N2CCCOC(C)C2)cc1. The zero-order valence-corrected chi connectivity index (χ0v) is 12.7. The van der Waals surface area contributed by atoms with E-state index in [0.717, 1.165) is 26.1 Å². The molecule has 0 aromatic heterocycles. The normalized spacial score (nSPS) is 23.0. The number of rotatable bonds is 4. The third-order valence-electron chi connectivity index (χ3n) is 3.65. The summed E-state index contributed by atoms with van der Waals surface area (Å²) in [4.78, 5) is 3.76. The Morgan fingerprint density at radius 2 is 2.16 bits per heavy atom. The Hall–Kier alpha value is -0.550. The smallest absolute Gasteiger partial charge is 0.0674 e. The first kappa shape index (κ1) is 14.9. The molecular weight excluding hydrogens is 256 g/mol. The Balaban J connectivity index is 2.12. The van der Waals surface area contributed by atoms with E-state index in [4.69, 9.17) is 10.5 Å². The summed E-state index contributed by atoms with van der Waals surface area (Å²) in [5.41, 5.74) is 7.33. The molecule has 0 spiro atoms. The molecule has 1 aromatic rings. The number of thioether (sulfide) groups is 1. The molecule has 1 aliphatic heterocycles. The summed E-state index contributed by atoms with van der Waals surface area (Å²) < 4.78 is 5.71. The monoisotopic (exact) mass is 280 g/mol. The summed E-state index contributed by atoms with van der Waals surface area (Å²) in [6, 6.07) is 9.08. The Kier molecular flexibility index (Phi) is 5.70. The fourth-order valence-electron chi connectivity index (χ4n) is 2.63. The molecule has 2 rings (SSSR count). The quantitative estimate of drug-likeness (QED) is 0.860. The third kappa shape index (κ3) is 3.96. The van der Waals surface area contributed by atoms with E-state index in [1.165, 1.54) is 10.5 Å². The summed E-state index contributed by atoms with van der Waals surface area (Å²) >= 11 is 1.77. The van der Waals surface area contributed by atoms with Crippen molar-refractivity contribution in [3.63, 3.8) is 0 Å². The van der Waals surface area contributed by atoms with Gasteiger partial charge in [-0.25, -0.2) is 0 Å². The molecule has 1 aliphatic rings. The third-order valence-corrected chi connectivity index (χ3v) is 4.39. The first-order valence-electron chi connectivity index (χ1n) is 6.94. The van der Waals surface area contributed by atoms with Crippen LogP contribution < -0.4 is 5.73 Å². The molecule has 1 fully saturated rings. The first-order chi connectivity index (χ1) is 9.24. The van der Waals surface area contributed by atoms with Crippen LogP contribution in [-0.4, -0.2) is 43.5 Å². The van der Waals surface area contributed by atoms with Crippen molar-refractivity contribution in [1.82, 2.24) is 4.90 Å². The summed E-state index contributed by atoms with van der Waals surface area (Å²) in [5.74, 6) is 0. The summed E-state index contributed by atoms with van der Waals surface area (Å²) in [7, 11) is 0. The van der Waals surface area contributed by atoms with Gasteiger partial charge in [-0.2, -0.15) is 0 Å². The molecule has 3 nitrogen and oxygen atoms in total. The lowest BCUT2D eigenvalue weighted by atomic mass is 10.0. The number of nitrogens with two attached hydrogens (primary N) is 1. The van der Waals surface area contributed by atoms with Gasteiger partial charge in [0.15, 0.2) is 0 Å². The van der Waals surface area contributed by atoms with Gasteiger partial charge in [0.25, 0.3) is 0 Å². The van der Waals surface area contributed by atoms with Crippen molar-refractivity contribution < 1.29 is 4.74 Å². The molecule has 2 atom stereocenters. The van der Waals surface area contributed by atoms with Gasteiger partial charge in [0, 0.05) is 37.2 Å². The molecule has 2 unspecified atom stereocenters. The molecule has 1 aromatic carbocycles. The minimum atomic E-state index is 0.294. The molecule has 0 aliphatic carbocycles. The van der Waals surface area contributed by atoms with Crippen molar-refractivity contribution in [1.29, 1.82) is 0 Å². The Bertz CT molecular complexity index is 382. The highest BCUT2D eigenvalue weighted by molar-refractivity contribution is 7.98. The number of nitrogens with zero attached hydrogens (tertiary/aromatic N) is 1. The average Bonchev–Trinajstić information content (AvgIpc) is 2.65. The molecule has 19 heavy (non-hydrogen) atoms. The van der Waals surface area contributed by atoms with Gasteiger partial charge in [0.1, 0.15) is 0 Å². The maximum atomic E-state index is 6.01. The predicted molar refractivity (Wildman–Crippen MR) is 81.6 cm³/mol. The van der Waals surface area contributed by atoms with E-state index >= 15 is 0 Å². The second-order valence-corrected chi connectivity index (χ2v) is 5.93. The van der Waals surface area contributed by atoms with Gasteiger partial charge in [-0.3, -0.25) is 4.90 Å². The van der Waals surface area contributed by atoms with Crippen LogP contribution in [0.1, 0.15) is 24.9 Å². The van der Waals surface area contributed by atoms with Gasteiger partial charge < -0.3 is 10.5 Å². The average molecular weight is 280 g/mol. The molecule has 4 heteroatoms. The largest absolute Gasteiger partial charge is 0.377 e. The van der Waals surface area contributed by atoms with E-state index in [0.29, 0.717) is 18.7 Å². The zero-order valence-electron chi connectivity index (χ0n) is 11.8. The van der Waals surface area contributed by atoms with Gasteiger partial charge in [-0.1, -0.05) is 12.1 Å². The van der Waals surface area contributed by atoms with E-state index in [1.54, 1.807) is 11.8 Å². The van der Waals surface area contributed by atoms with E-state index in [9.17, 15) is 0 Å². The first-order valence-corrected chi connectivity index (χ1v) is 8.16. The maximum Gasteiger partial charge on any atom is 0.0674 e. The fourth-order valence-corrected chi connectivity index (χ4v) is 3.04. The fraction of sp³-hybridized carbons (Fsp3) is 0.600. The highest BCUT2D eigenvalue weighted by atomic mass is 32.2. The maximum absolute atomic E-state index is 6.01. The standard InChI is InChI=1S/C15H24N2OS/c1-12-11-17(8-3-9-18-12)15(10-16)13-4-6-14(19-2)7-5-13/h4-7,12,15H,3,8-11,16H2,1-2H3. The van der Waals surface area contributed by atoms with Crippen LogP contribution in [0.4, 0.5) is 0 Å². The number of ether oxygens (including phenoxy) is 1. The zero-order chi connectivity index (χ0) is 13.7. The minimum absolute atomic E-state index is 0.294. The molecule has 0 bridgehead atoms. The van der Waals surface area contributed by atoms with Crippen LogP contribution in [0.2, 0.25) is 0 Å². The van der Waals surface area contributed by atoms with Crippen LogP contribution >= 0.6 is 11.8 Å². The van der Waals surface area contributed by atoms with E-state index in [2.05, 4.69) is 42.3 Å². The molecule has 0 amide bonds. The highest BCUT2D eigenvalue weighted by Crippen LogP contribution is 2.24. The van der Waals surface area contributed by atoms with Crippen LogP contribution in [0.25, 0.3) is 0 Å². The van der Waals surface area contributed by atoms with Crippen LogP contribution in [-0.2, 0) is 4.74 Å². The van der Waals surface area contributed by atoms with Gasteiger partial charge in [0.2, 0.25) is 0 Å². The molecule has 1 saturated heterocycles. The molecule has 106 valence electrons. The topological polar surface area (TPSA) is 38.5 Å². The van der Waals surface area contributed by atoms with Crippen molar-refractivity contribution in [3.05, 3.63) is 29.8 Å². The lowest BCUT2D eigenvalue weighted by molar-refractivity contribution is 0.0612. The van der Waals surface area contributed by atoms with Crippen molar-refractivity contribution in [2.45, 2.75) is 30.4 Å². The summed E-state index contributed by atoms with van der Waals surface area (Å²) in [6.07, 6.45) is 3.48. The number of hydrogen-bond donors (Lipinski definition) is 1. The molecular formula is C15H24N2OS. The van der Waals surface area contributed by atoms with Crippen molar-refractivity contribution in [3.8, 4) is 0 Å². The van der Waals surface area contributed by atoms with Gasteiger partial charge in [0.05, 0.1) is 6.10 Å². The Morgan fingerprint density at radius 3 is 2.79 bits per heavy atom. The second-order valence-electron chi connectivity index (χ2n) is 5.05. The van der Waals surface area contributed by atoms with Crippen LogP contribution in [0.3, 0.4) is 0 Å². The van der Waals surface area contributed by atoms with Crippen LogP contribution in [0, 0.1) is 0 Å². The molecule has 1 heterocycles. The predicted octanol–water partition coefficient (Wildman–Crippen LogP) is 2.52. The van der Waals surface area contributed by atoms with E-state index in [-0.39, 0.29) is 0 Å². The number of benzene rings is 1. The summed E-state index contributed by atoms with van der Waals surface area (Å²) in [6.45, 7) is 5.69. The van der Waals surface area contributed by atoms with Crippen molar-refractivity contribution >= 4 is 11.8 Å². The van der Waals surface area contributed by atoms with Crippen molar-refractivity contribution in [2.75, 3.05) is 32.5 Å². The Labute approximate surface area is 120 Å². The van der Waals surface area contributed by atoms with E-state index < -0.39 is 0 Å². The van der Waals surface area contributed by atoms with Gasteiger partial charge in [-0.05, 0) is 37.3 Å². The lowest BCUT2D eigenvalue weighted by Crippen LogP contribution is -2.37. The van der Waals surface area contributed by atoms with Crippen molar-refractivity contribution in [2.24, 2.45) is 5.73 Å². The molecule has 2 N–H and O–H groups in total. The lowest BCUT2D eigenvalue weighted by Gasteiger charge is -2.31. The number of hydrogen-bond acceptors (Lipinski definition) is 4. The van der Waals surface area contributed by atoms with Gasteiger partial charge in [-0.15, -0.1) is 11.8 Å². The van der Waals surface area contributed by atoms with Crippen LogP contribution in [0.15, 0.2) is 29.2 Å².